The average molecular weight is 206 g/mol. The minimum absolute atomic E-state index is 0.282. The Balaban J connectivity index is 2.94. The van der Waals surface area contributed by atoms with Crippen LogP contribution in [0.25, 0.3) is 0 Å². The SMILES string of the molecule is CCc1ccc(C(C)(O)C(C)CC)cc1. The first-order valence-corrected chi connectivity index (χ1v) is 5.84. The van der Waals surface area contributed by atoms with Crippen LogP contribution in [0.3, 0.4) is 0 Å². The topological polar surface area (TPSA) is 20.2 Å². The first kappa shape index (κ1) is 12.3. The Morgan fingerprint density at radius 1 is 1.20 bits per heavy atom. The van der Waals surface area contributed by atoms with E-state index in [0.29, 0.717) is 0 Å². The van der Waals surface area contributed by atoms with E-state index < -0.39 is 5.60 Å². The van der Waals surface area contributed by atoms with E-state index in [1.807, 2.05) is 19.1 Å². The summed E-state index contributed by atoms with van der Waals surface area (Å²) in [6.45, 7) is 8.25. The molecule has 0 bridgehead atoms. The fraction of sp³-hybridized carbons (Fsp3) is 0.571. The van der Waals surface area contributed by atoms with Gasteiger partial charge in [-0.1, -0.05) is 51.5 Å². The third-order valence-electron chi connectivity index (χ3n) is 3.52. The summed E-state index contributed by atoms with van der Waals surface area (Å²) in [5, 5.41) is 10.4. The maximum atomic E-state index is 10.4. The molecule has 1 aromatic rings. The van der Waals surface area contributed by atoms with Gasteiger partial charge in [-0.25, -0.2) is 0 Å². The van der Waals surface area contributed by atoms with E-state index >= 15 is 0 Å². The van der Waals surface area contributed by atoms with Gasteiger partial charge in [0.2, 0.25) is 0 Å². The molecule has 1 aromatic carbocycles. The van der Waals surface area contributed by atoms with Crippen molar-refractivity contribution in [2.45, 2.75) is 46.1 Å². The van der Waals surface area contributed by atoms with Gasteiger partial charge in [-0.05, 0) is 30.4 Å². The van der Waals surface area contributed by atoms with Crippen LogP contribution >= 0.6 is 0 Å². The average Bonchev–Trinajstić information content (AvgIpc) is 2.28. The predicted molar refractivity (Wildman–Crippen MR) is 64.8 cm³/mol. The van der Waals surface area contributed by atoms with Crippen LogP contribution in [0.15, 0.2) is 24.3 Å². The maximum Gasteiger partial charge on any atom is 0.0893 e. The lowest BCUT2D eigenvalue weighted by atomic mass is 9.82. The molecule has 0 amide bonds. The summed E-state index contributed by atoms with van der Waals surface area (Å²) >= 11 is 0. The normalized spacial score (nSPS) is 17.1. The molecule has 0 aliphatic carbocycles. The number of hydrogen-bond acceptors (Lipinski definition) is 1. The Morgan fingerprint density at radius 2 is 1.73 bits per heavy atom. The molecule has 2 unspecified atom stereocenters. The highest BCUT2D eigenvalue weighted by atomic mass is 16.3. The van der Waals surface area contributed by atoms with Gasteiger partial charge in [-0.2, -0.15) is 0 Å². The molecule has 2 atom stereocenters. The van der Waals surface area contributed by atoms with Gasteiger partial charge in [-0.15, -0.1) is 0 Å². The van der Waals surface area contributed by atoms with Gasteiger partial charge in [0.15, 0.2) is 0 Å². The Morgan fingerprint density at radius 3 is 2.13 bits per heavy atom. The summed E-state index contributed by atoms with van der Waals surface area (Å²) in [5.41, 5.74) is 1.63. The summed E-state index contributed by atoms with van der Waals surface area (Å²) in [5.74, 6) is 0.282. The molecule has 0 radical (unpaired) electrons. The highest BCUT2D eigenvalue weighted by Crippen LogP contribution is 2.31. The molecule has 1 heteroatoms. The van der Waals surface area contributed by atoms with Gasteiger partial charge < -0.3 is 5.11 Å². The van der Waals surface area contributed by atoms with Crippen molar-refractivity contribution >= 4 is 0 Å². The zero-order valence-corrected chi connectivity index (χ0v) is 10.2. The highest BCUT2D eigenvalue weighted by molar-refractivity contribution is 5.27. The zero-order chi connectivity index (χ0) is 11.5. The largest absolute Gasteiger partial charge is 0.385 e. The molecular weight excluding hydrogens is 184 g/mol. The maximum absolute atomic E-state index is 10.4. The predicted octanol–water partition coefficient (Wildman–Crippen LogP) is 3.50. The van der Waals surface area contributed by atoms with Crippen molar-refractivity contribution in [3.8, 4) is 0 Å². The Bertz CT molecular complexity index is 298. The molecule has 15 heavy (non-hydrogen) atoms. The van der Waals surface area contributed by atoms with Gasteiger partial charge in [-0.3, -0.25) is 0 Å². The van der Waals surface area contributed by atoms with E-state index in [4.69, 9.17) is 0 Å². The van der Waals surface area contributed by atoms with Crippen molar-refractivity contribution in [3.63, 3.8) is 0 Å². The summed E-state index contributed by atoms with van der Waals surface area (Å²) in [4.78, 5) is 0. The molecule has 1 N–H and O–H groups in total. The Kier molecular flexibility index (Phi) is 3.92. The van der Waals surface area contributed by atoms with Gasteiger partial charge in [0.1, 0.15) is 0 Å². The highest BCUT2D eigenvalue weighted by Gasteiger charge is 2.28. The van der Waals surface area contributed by atoms with Crippen molar-refractivity contribution in [3.05, 3.63) is 35.4 Å². The van der Waals surface area contributed by atoms with Crippen LogP contribution in [0.4, 0.5) is 0 Å². The van der Waals surface area contributed by atoms with Crippen LogP contribution in [0.2, 0.25) is 0 Å². The second-order valence-corrected chi connectivity index (χ2v) is 4.51. The lowest BCUT2D eigenvalue weighted by molar-refractivity contribution is 0.00000981. The van der Waals surface area contributed by atoms with Crippen LogP contribution < -0.4 is 0 Å². The van der Waals surface area contributed by atoms with E-state index in [0.717, 1.165) is 18.4 Å². The standard InChI is InChI=1S/C14H22O/c1-5-11(3)14(4,15)13-9-7-12(6-2)8-10-13/h7-11,15H,5-6H2,1-4H3. The lowest BCUT2D eigenvalue weighted by Gasteiger charge is -2.30. The van der Waals surface area contributed by atoms with Gasteiger partial charge in [0.25, 0.3) is 0 Å². The first-order chi connectivity index (χ1) is 7.02. The zero-order valence-electron chi connectivity index (χ0n) is 10.2. The number of hydrogen-bond donors (Lipinski definition) is 1. The van der Waals surface area contributed by atoms with Crippen molar-refractivity contribution in [2.24, 2.45) is 5.92 Å². The van der Waals surface area contributed by atoms with Gasteiger partial charge in [0, 0.05) is 0 Å². The quantitative estimate of drug-likeness (QED) is 0.799. The second kappa shape index (κ2) is 4.80. The van der Waals surface area contributed by atoms with Gasteiger partial charge in [0.05, 0.1) is 5.60 Å². The number of aryl methyl sites for hydroxylation is 1. The lowest BCUT2D eigenvalue weighted by Crippen LogP contribution is -2.29. The number of rotatable bonds is 4. The molecule has 0 heterocycles. The monoisotopic (exact) mass is 206 g/mol. The summed E-state index contributed by atoms with van der Waals surface area (Å²) < 4.78 is 0. The first-order valence-electron chi connectivity index (χ1n) is 5.84. The summed E-state index contributed by atoms with van der Waals surface area (Å²) in [6.07, 6.45) is 2.04. The molecule has 0 spiro atoms. The minimum atomic E-state index is -0.707. The van der Waals surface area contributed by atoms with Crippen LogP contribution in [0.1, 0.15) is 45.2 Å². The van der Waals surface area contributed by atoms with Crippen molar-refractivity contribution in [2.75, 3.05) is 0 Å². The van der Waals surface area contributed by atoms with Crippen LogP contribution in [-0.2, 0) is 12.0 Å². The van der Waals surface area contributed by atoms with Crippen LogP contribution in [-0.4, -0.2) is 5.11 Å². The molecule has 0 saturated heterocycles. The third-order valence-corrected chi connectivity index (χ3v) is 3.52. The smallest absolute Gasteiger partial charge is 0.0893 e. The van der Waals surface area contributed by atoms with Crippen molar-refractivity contribution in [1.82, 2.24) is 0 Å². The fourth-order valence-electron chi connectivity index (χ4n) is 1.76. The van der Waals surface area contributed by atoms with E-state index in [1.54, 1.807) is 0 Å². The number of benzene rings is 1. The molecule has 84 valence electrons. The van der Waals surface area contributed by atoms with Gasteiger partial charge >= 0.3 is 0 Å². The molecule has 1 nitrogen and oxygen atoms in total. The van der Waals surface area contributed by atoms with Crippen molar-refractivity contribution < 1.29 is 5.11 Å². The summed E-state index contributed by atoms with van der Waals surface area (Å²) in [6, 6.07) is 8.30. The van der Waals surface area contributed by atoms with Crippen LogP contribution in [0.5, 0.6) is 0 Å². The molecule has 0 aromatic heterocycles. The Labute approximate surface area is 93.1 Å². The minimum Gasteiger partial charge on any atom is -0.385 e. The molecule has 0 saturated carbocycles. The molecule has 0 aliphatic rings. The van der Waals surface area contributed by atoms with Crippen LogP contribution in [0, 0.1) is 5.92 Å². The van der Waals surface area contributed by atoms with E-state index in [1.165, 1.54) is 5.56 Å². The molecular formula is C14H22O. The second-order valence-electron chi connectivity index (χ2n) is 4.51. The molecule has 1 rings (SSSR count). The summed E-state index contributed by atoms with van der Waals surface area (Å²) in [7, 11) is 0. The molecule has 0 aliphatic heterocycles. The third kappa shape index (κ3) is 2.60. The van der Waals surface area contributed by atoms with E-state index in [9.17, 15) is 5.11 Å². The Hall–Kier alpha value is -0.820. The number of aliphatic hydroxyl groups is 1. The van der Waals surface area contributed by atoms with E-state index in [2.05, 4.69) is 32.9 Å². The van der Waals surface area contributed by atoms with Crippen molar-refractivity contribution in [1.29, 1.82) is 0 Å². The van der Waals surface area contributed by atoms with E-state index in [-0.39, 0.29) is 5.92 Å². The molecule has 0 fully saturated rings. The fourth-order valence-corrected chi connectivity index (χ4v) is 1.76.